The Morgan fingerprint density at radius 2 is 1.45 bits per heavy atom. The van der Waals surface area contributed by atoms with Crippen LogP contribution in [0.25, 0.3) is 0 Å². The minimum absolute atomic E-state index is 0.127. The number of methoxy groups -OCH3 is 1. The second-order valence-corrected chi connectivity index (χ2v) is 9.79. The summed E-state index contributed by atoms with van der Waals surface area (Å²) < 4.78 is 5.28. The van der Waals surface area contributed by atoms with Crippen LogP contribution in [0, 0.1) is 0 Å². The molecule has 168 valence electrons. The van der Waals surface area contributed by atoms with Gasteiger partial charge in [0.25, 0.3) is 17.7 Å². The van der Waals surface area contributed by atoms with Crippen LogP contribution in [0.1, 0.15) is 31.6 Å². The molecule has 2 unspecified atom stereocenters. The van der Waals surface area contributed by atoms with Gasteiger partial charge in [0, 0.05) is 16.6 Å². The van der Waals surface area contributed by atoms with Gasteiger partial charge in [0.05, 0.1) is 38.3 Å². The van der Waals surface area contributed by atoms with Gasteiger partial charge in [-0.25, -0.2) is 0 Å². The van der Waals surface area contributed by atoms with E-state index in [4.69, 9.17) is 51.1 Å². The molecule has 0 aliphatic carbocycles. The second kappa shape index (κ2) is 8.18. The van der Waals surface area contributed by atoms with E-state index in [1.165, 1.54) is 23.3 Å². The lowest BCUT2D eigenvalue weighted by Crippen LogP contribution is -2.67. The van der Waals surface area contributed by atoms with E-state index in [0.29, 0.717) is 11.4 Å². The summed E-state index contributed by atoms with van der Waals surface area (Å²) in [4.78, 5) is 43.4. The number of fused-ring (bicyclic) bond motifs is 1. The number of benzene rings is 2. The summed E-state index contributed by atoms with van der Waals surface area (Å²) in [7, 11) is 1.53. The Balaban J connectivity index is 1.61. The van der Waals surface area contributed by atoms with Crippen molar-refractivity contribution in [1.82, 2.24) is 4.90 Å². The van der Waals surface area contributed by atoms with Crippen molar-refractivity contribution in [1.29, 1.82) is 0 Å². The van der Waals surface area contributed by atoms with Gasteiger partial charge < -0.3 is 4.74 Å². The number of ether oxygens (including phenoxy) is 1. The van der Waals surface area contributed by atoms with E-state index in [1.807, 2.05) is 17.5 Å². The molecule has 33 heavy (non-hydrogen) atoms. The van der Waals surface area contributed by atoms with Gasteiger partial charge in [-0.3, -0.25) is 24.2 Å². The van der Waals surface area contributed by atoms with Crippen LogP contribution in [0.2, 0.25) is 20.1 Å². The maximum atomic E-state index is 13.4. The zero-order valence-corrected chi connectivity index (χ0v) is 20.5. The highest BCUT2D eigenvalue weighted by Crippen LogP contribution is 2.49. The molecule has 0 saturated carbocycles. The molecule has 2 aromatic carbocycles. The van der Waals surface area contributed by atoms with E-state index in [2.05, 4.69) is 0 Å². The first-order chi connectivity index (χ1) is 15.8. The number of imide groups is 1. The van der Waals surface area contributed by atoms with Gasteiger partial charge in [-0.2, -0.15) is 0 Å². The number of hydrogen-bond acceptors (Lipinski definition) is 5. The Morgan fingerprint density at radius 3 is 2.00 bits per heavy atom. The molecule has 2 aliphatic rings. The van der Waals surface area contributed by atoms with Gasteiger partial charge in [0.1, 0.15) is 17.8 Å². The fraction of sp³-hybridized carbons (Fsp3) is 0.136. The molecule has 3 heterocycles. The maximum absolute atomic E-state index is 13.4. The van der Waals surface area contributed by atoms with Crippen LogP contribution < -0.4 is 9.64 Å². The van der Waals surface area contributed by atoms with Crippen LogP contribution in [0.15, 0.2) is 41.8 Å². The Kier molecular flexibility index (Phi) is 5.58. The van der Waals surface area contributed by atoms with Crippen LogP contribution in [-0.2, 0) is 4.79 Å². The Labute approximate surface area is 212 Å². The first-order valence-corrected chi connectivity index (χ1v) is 11.9. The first kappa shape index (κ1) is 22.5. The highest BCUT2D eigenvalue weighted by Gasteiger charge is 2.58. The number of hydrogen-bond donors (Lipinski definition) is 0. The Bertz CT molecular complexity index is 1300. The van der Waals surface area contributed by atoms with E-state index in [9.17, 15) is 14.4 Å². The fourth-order valence-electron chi connectivity index (χ4n) is 4.14. The SMILES string of the molecule is COc1cccc(N2C(=O)C(N3C(=O)c4c(Cl)c(Cl)c(Cl)c(Cl)c4C3=O)C2c2cccs2)c1. The van der Waals surface area contributed by atoms with Gasteiger partial charge in [-0.15, -0.1) is 11.3 Å². The highest BCUT2D eigenvalue weighted by molar-refractivity contribution is 7.10. The highest BCUT2D eigenvalue weighted by atomic mass is 35.5. The third-order valence-electron chi connectivity index (χ3n) is 5.64. The smallest absolute Gasteiger partial charge is 0.264 e. The van der Waals surface area contributed by atoms with Crippen molar-refractivity contribution in [3.8, 4) is 5.75 Å². The summed E-state index contributed by atoms with van der Waals surface area (Å²) in [5.74, 6) is -1.35. The number of rotatable bonds is 4. The van der Waals surface area contributed by atoms with Gasteiger partial charge in [0.15, 0.2) is 0 Å². The summed E-state index contributed by atoms with van der Waals surface area (Å²) in [6.45, 7) is 0. The summed E-state index contributed by atoms with van der Waals surface area (Å²) in [5, 5.41) is 1.25. The molecule has 0 N–H and O–H groups in total. The molecule has 0 bridgehead atoms. The summed E-state index contributed by atoms with van der Waals surface area (Å²) in [5.41, 5.74) is 0.269. The summed E-state index contributed by atoms with van der Waals surface area (Å²) in [6.07, 6.45) is 0. The van der Waals surface area contributed by atoms with Crippen molar-refractivity contribution in [2.24, 2.45) is 0 Å². The van der Waals surface area contributed by atoms with Gasteiger partial charge in [-0.05, 0) is 23.6 Å². The van der Waals surface area contributed by atoms with Crippen LogP contribution >= 0.6 is 57.7 Å². The number of carbonyl (C=O) groups excluding carboxylic acids is 3. The normalized spacial score (nSPS) is 19.7. The van der Waals surface area contributed by atoms with Gasteiger partial charge >= 0.3 is 0 Å². The molecule has 2 atom stereocenters. The molecule has 0 radical (unpaired) electrons. The van der Waals surface area contributed by atoms with E-state index < -0.39 is 29.8 Å². The lowest BCUT2D eigenvalue weighted by Gasteiger charge is -2.49. The summed E-state index contributed by atoms with van der Waals surface area (Å²) in [6, 6.07) is 8.96. The van der Waals surface area contributed by atoms with Crippen LogP contribution in [0.5, 0.6) is 5.75 Å². The largest absolute Gasteiger partial charge is 0.497 e. The number of thiophene rings is 1. The van der Waals surface area contributed by atoms with Gasteiger partial charge in [-0.1, -0.05) is 58.5 Å². The lowest BCUT2D eigenvalue weighted by molar-refractivity contribution is -0.130. The maximum Gasteiger partial charge on any atom is 0.264 e. The van der Waals surface area contributed by atoms with E-state index in [1.54, 1.807) is 24.3 Å². The van der Waals surface area contributed by atoms with Gasteiger partial charge in [0.2, 0.25) is 0 Å². The average Bonchev–Trinajstić information content (AvgIpc) is 3.42. The first-order valence-electron chi connectivity index (χ1n) is 9.52. The molecular weight excluding hydrogens is 530 g/mol. The minimum Gasteiger partial charge on any atom is -0.497 e. The summed E-state index contributed by atoms with van der Waals surface area (Å²) >= 11 is 26.1. The van der Waals surface area contributed by atoms with Crippen molar-refractivity contribution in [2.75, 3.05) is 12.0 Å². The lowest BCUT2D eigenvalue weighted by atomic mass is 9.90. The van der Waals surface area contributed by atoms with Crippen molar-refractivity contribution in [3.05, 3.63) is 77.9 Å². The van der Waals surface area contributed by atoms with Crippen LogP contribution in [0.4, 0.5) is 5.69 Å². The van der Waals surface area contributed by atoms with Crippen molar-refractivity contribution >= 4 is 81.1 Å². The monoisotopic (exact) mass is 540 g/mol. The minimum atomic E-state index is -1.09. The molecule has 1 aromatic heterocycles. The van der Waals surface area contributed by atoms with Crippen molar-refractivity contribution < 1.29 is 19.1 Å². The van der Waals surface area contributed by atoms with Crippen molar-refractivity contribution in [3.63, 3.8) is 0 Å². The molecule has 1 fully saturated rings. The topological polar surface area (TPSA) is 66.9 Å². The quantitative estimate of drug-likeness (QED) is 0.173. The van der Waals surface area contributed by atoms with Crippen LogP contribution in [-0.4, -0.2) is 35.8 Å². The number of anilines is 1. The number of amides is 3. The standard InChI is InChI=1S/C22H12Cl4N2O4S/c1-32-10-5-2-4-9(8-10)27-18(11-6-3-7-33-11)19(22(27)31)28-20(29)12-13(21(28)30)15(24)17(26)16(25)14(12)23/h2-8,18-19H,1H3. The third-order valence-corrected chi connectivity index (χ3v) is 8.39. The Hall–Kier alpha value is -2.29. The zero-order valence-electron chi connectivity index (χ0n) is 16.6. The molecule has 11 heteroatoms. The molecule has 2 aliphatic heterocycles. The molecule has 6 nitrogen and oxygen atoms in total. The second-order valence-electron chi connectivity index (χ2n) is 7.30. The van der Waals surface area contributed by atoms with E-state index in [-0.39, 0.29) is 31.2 Å². The predicted octanol–water partition coefficient (Wildman–Crippen LogP) is 6.12. The van der Waals surface area contributed by atoms with Crippen molar-refractivity contribution in [2.45, 2.75) is 12.1 Å². The third kappa shape index (κ3) is 3.18. The number of halogens is 4. The number of carbonyl (C=O) groups is 3. The zero-order chi connectivity index (χ0) is 23.6. The molecular formula is C22H12Cl4N2O4S. The predicted molar refractivity (Wildman–Crippen MR) is 128 cm³/mol. The van der Waals surface area contributed by atoms with E-state index >= 15 is 0 Å². The molecule has 0 spiro atoms. The van der Waals surface area contributed by atoms with E-state index in [0.717, 1.165) is 9.78 Å². The molecule has 1 saturated heterocycles. The molecule has 5 rings (SSSR count). The molecule has 3 amide bonds. The Morgan fingerprint density at radius 1 is 0.818 bits per heavy atom. The number of nitrogens with zero attached hydrogens (tertiary/aromatic N) is 2. The van der Waals surface area contributed by atoms with Crippen LogP contribution in [0.3, 0.4) is 0 Å². The number of β-lactam (4-membered cyclic amide) rings is 1. The molecule has 3 aromatic rings. The fourth-order valence-corrected chi connectivity index (χ4v) is 5.99. The average molecular weight is 542 g/mol.